The van der Waals surface area contributed by atoms with Crippen molar-refractivity contribution in [1.82, 2.24) is 15.0 Å². The van der Waals surface area contributed by atoms with Crippen molar-refractivity contribution in [2.75, 3.05) is 7.05 Å². The van der Waals surface area contributed by atoms with Crippen molar-refractivity contribution >= 4 is 0 Å². The van der Waals surface area contributed by atoms with Crippen LogP contribution >= 0.6 is 0 Å². The zero-order valence-electron chi connectivity index (χ0n) is 15.9. The van der Waals surface area contributed by atoms with Crippen LogP contribution in [0.4, 0.5) is 0 Å². The molecule has 4 nitrogen and oxygen atoms in total. The molecule has 2 saturated heterocycles. The number of aryl methyl sites for hydroxylation is 1. The van der Waals surface area contributed by atoms with E-state index in [-0.39, 0.29) is 13.3 Å². The van der Waals surface area contributed by atoms with E-state index in [0.717, 1.165) is 17.9 Å². The molecule has 0 aliphatic carbocycles. The molecule has 1 aromatic heterocycles. The fourth-order valence-corrected chi connectivity index (χ4v) is 5.03. The van der Waals surface area contributed by atoms with Crippen LogP contribution in [0.25, 0.3) is 11.4 Å². The van der Waals surface area contributed by atoms with Crippen LogP contribution in [-0.2, 0) is 0 Å². The van der Waals surface area contributed by atoms with Gasteiger partial charge in [0.05, 0.1) is 5.92 Å². The van der Waals surface area contributed by atoms with Crippen molar-refractivity contribution in [2.24, 2.45) is 0 Å². The highest BCUT2D eigenvalue weighted by atomic mass is 16.5. The largest absolute Gasteiger partial charge is 0.339 e. The quantitative estimate of drug-likeness (QED) is 0.613. The standard InChI is InChI=1S/C23H25N3O.CH4/c1-15-8-10-16(11-9-15)19-14-18-12-13-20(26(18)2)21(19)23-24-22(25-27-23)17-6-4-3-5-7-17;/h3-11,18-21H,12-14H2,1-2H3;1H4/t18-,19-,20?,21+;/m1./s1. The zero-order valence-corrected chi connectivity index (χ0v) is 15.9. The third-order valence-corrected chi connectivity index (χ3v) is 6.53. The van der Waals surface area contributed by atoms with Crippen molar-refractivity contribution in [3.05, 3.63) is 71.6 Å². The Morgan fingerprint density at radius 1 is 1.00 bits per heavy atom. The minimum Gasteiger partial charge on any atom is -0.339 e. The van der Waals surface area contributed by atoms with E-state index in [1.54, 1.807) is 0 Å². The average Bonchev–Trinajstić information content (AvgIpc) is 3.26. The van der Waals surface area contributed by atoms with E-state index in [9.17, 15) is 0 Å². The van der Waals surface area contributed by atoms with Crippen molar-refractivity contribution in [1.29, 1.82) is 0 Å². The molecule has 3 aromatic rings. The molecule has 0 amide bonds. The molecule has 3 heterocycles. The van der Waals surface area contributed by atoms with E-state index >= 15 is 0 Å². The van der Waals surface area contributed by atoms with Gasteiger partial charge in [0.1, 0.15) is 0 Å². The lowest BCUT2D eigenvalue weighted by Crippen LogP contribution is -2.44. The number of nitrogens with zero attached hydrogens (tertiary/aromatic N) is 3. The molecule has 28 heavy (non-hydrogen) atoms. The highest BCUT2D eigenvalue weighted by molar-refractivity contribution is 5.53. The number of likely N-dealkylation sites (N-methyl/N-ethyl adjacent to an activating group) is 1. The van der Waals surface area contributed by atoms with Gasteiger partial charge in [-0.2, -0.15) is 4.98 Å². The van der Waals surface area contributed by atoms with Crippen molar-refractivity contribution in [2.45, 2.75) is 57.5 Å². The fraction of sp³-hybridized carbons (Fsp3) is 0.417. The van der Waals surface area contributed by atoms with Gasteiger partial charge in [-0.15, -0.1) is 0 Å². The predicted octanol–water partition coefficient (Wildman–Crippen LogP) is 5.42. The van der Waals surface area contributed by atoms with Crippen molar-refractivity contribution in [3.8, 4) is 11.4 Å². The Balaban J connectivity index is 0.00000192. The Morgan fingerprint density at radius 3 is 2.50 bits per heavy atom. The Bertz CT molecular complexity index is 919. The topological polar surface area (TPSA) is 42.2 Å². The van der Waals surface area contributed by atoms with Crippen molar-refractivity contribution < 1.29 is 4.52 Å². The van der Waals surface area contributed by atoms with E-state index in [0.29, 0.717) is 23.8 Å². The number of piperidine rings is 1. The minimum absolute atomic E-state index is 0. The van der Waals surface area contributed by atoms with Crippen LogP contribution in [-0.4, -0.2) is 34.2 Å². The minimum atomic E-state index is 0. The maximum Gasteiger partial charge on any atom is 0.232 e. The van der Waals surface area contributed by atoms with Crippen LogP contribution in [0.3, 0.4) is 0 Å². The summed E-state index contributed by atoms with van der Waals surface area (Å²) in [5.74, 6) is 2.16. The van der Waals surface area contributed by atoms with Gasteiger partial charge < -0.3 is 4.52 Å². The summed E-state index contributed by atoms with van der Waals surface area (Å²) in [5, 5.41) is 4.31. The lowest BCUT2D eigenvalue weighted by Gasteiger charge is -2.41. The third-order valence-electron chi connectivity index (χ3n) is 6.53. The molecule has 2 bridgehead atoms. The first-order valence-corrected chi connectivity index (χ1v) is 9.88. The molecule has 0 saturated carbocycles. The number of hydrogen-bond acceptors (Lipinski definition) is 4. The molecule has 0 N–H and O–H groups in total. The summed E-state index contributed by atoms with van der Waals surface area (Å²) < 4.78 is 5.85. The van der Waals surface area contributed by atoms with Gasteiger partial charge in [0, 0.05) is 17.6 Å². The summed E-state index contributed by atoms with van der Waals surface area (Å²) in [6.45, 7) is 2.14. The monoisotopic (exact) mass is 375 g/mol. The molecule has 2 aromatic carbocycles. The van der Waals surface area contributed by atoms with Gasteiger partial charge in [0.25, 0.3) is 0 Å². The second-order valence-electron chi connectivity index (χ2n) is 8.06. The van der Waals surface area contributed by atoms with Gasteiger partial charge in [0.2, 0.25) is 11.7 Å². The molecule has 0 radical (unpaired) electrons. The van der Waals surface area contributed by atoms with Gasteiger partial charge in [0.15, 0.2) is 0 Å². The Hall–Kier alpha value is -2.46. The number of fused-ring (bicyclic) bond motifs is 2. The predicted molar refractivity (Wildman–Crippen MR) is 112 cm³/mol. The van der Waals surface area contributed by atoms with E-state index < -0.39 is 0 Å². The average molecular weight is 376 g/mol. The van der Waals surface area contributed by atoms with E-state index in [1.807, 2.05) is 30.3 Å². The van der Waals surface area contributed by atoms with Crippen LogP contribution in [0, 0.1) is 6.92 Å². The second-order valence-corrected chi connectivity index (χ2v) is 8.06. The van der Waals surface area contributed by atoms with Gasteiger partial charge in [-0.1, -0.05) is 72.7 Å². The highest BCUT2D eigenvalue weighted by Gasteiger charge is 2.48. The summed E-state index contributed by atoms with van der Waals surface area (Å²) in [7, 11) is 2.26. The maximum absolute atomic E-state index is 5.85. The van der Waals surface area contributed by atoms with Crippen LogP contribution in [0.2, 0.25) is 0 Å². The number of aromatic nitrogens is 2. The maximum atomic E-state index is 5.85. The summed E-state index contributed by atoms with van der Waals surface area (Å²) in [4.78, 5) is 7.39. The molecule has 1 unspecified atom stereocenters. The first-order valence-electron chi connectivity index (χ1n) is 9.88. The SMILES string of the molecule is C.Cc1ccc([C@H]2C[C@H]3CCC([C@H]2c2nc(-c4ccccc4)no2)N3C)cc1. The van der Waals surface area contributed by atoms with Crippen molar-refractivity contribution in [3.63, 3.8) is 0 Å². The molecule has 4 atom stereocenters. The van der Waals surface area contributed by atoms with Gasteiger partial charge in [-0.25, -0.2) is 0 Å². The summed E-state index contributed by atoms with van der Waals surface area (Å²) >= 11 is 0. The molecule has 146 valence electrons. The third kappa shape index (κ3) is 3.16. The van der Waals surface area contributed by atoms with Crippen LogP contribution in [0.15, 0.2) is 59.1 Å². The Kier molecular flexibility index (Phi) is 5.07. The number of hydrogen-bond donors (Lipinski definition) is 0. The smallest absolute Gasteiger partial charge is 0.232 e. The van der Waals surface area contributed by atoms with E-state index in [4.69, 9.17) is 9.51 Å². The Morgan fingerprint density at radius 2 is 1.75 bits per heavy atom. The summed E-state index contributed by atoms with van der Waals surface area (Å²) in [6.07, 6.45) is 3.63. The molecular weight excluding hydrogens is 346 g/mol. The first-order chi connectivity index (χ1) is 13.2. The fourth-order valence-electron chi connectivity index (χ4n) is 5.03. The molecule has 2 aliphatic heterocycles. The number of rotatable bonds is 3. The van der Waals surface area contributed by atoms with Crippen LogP contribution in [0.1, 0.15) is 55.5 Å². The normalized spacial score (nSPS) is 26.8. The molecule has 2 fully saturated rings. The Labute approximate surface area is 167 Å². The van der Waals surface area contributed by atoms with Crippen LogP contribution < -0.4 is 0 Å². The van der Waals surface area contributed by atoms with E-state index in [1.165, 1.54) is 24.0 Å². The highest BCUT2D eigenvalue weighted by Crippen LogP contribution is 2.50. The molecule has 2 aliphatic rings. The number of benzene rings is 2. The zero-order chi connectivity index (χ0) is 18.4. The molecule has 4 heteroatoms. The van der Waals surface area contributed by atoms with E-state index in [2.05, 4.69) is 48.3 Å². The molecular formula is C24H29N3O. The molecule has 0 spiro atoms. The van der Waals surface area contributed by atoms with Gasteiger partial charge in [-0.05, 0) is 44.7 Å². The lowest BCUT2D eigenvalue weighted by molar-refractivity contribution is 0.120. The second kappa shape index (κ2) is 7.51. The lowest BCUT2D eigenvalue weighted by atomic mass is 9.76. The molecule has 5 rings (SSSR count). The summed E-state index contributed by atoms with van der Waals surface area (Å²) in [6, 6.07) is 20.2. The van der Waals surface area contributed by atoms with Crippen LogP contribution in [0.5, 0.6) is 0 Å². The van der Waals surface area contributed by atoms with Gasteiger partial charge in [-0.3, -0.25) is 4.90 Å². The first kappa shape index (κ1) is 18.9. The summed E-state index contributed by atoms with van der Waals surface area (Å²) in [5.41, 5.74) is 3.71. The van der Waals surface area contributed by atoms with Gasteiger partial charge >= 0.3 is 0 Å².